The van der Waals surface area contributed by atoms with E-state index in [0.717, 1.165) is 5.39 Å². The lowest BCUT2D eigenvalue weighted by atomic mass is 10.2. The summed E-state index contributed by atoms with van der Waals surface area (Å²) >= 11 is 0. The summed E-state index contributed by atoms with van der Waals surface area (Å²) in [6, 6.07) is 10.6. The van der Waals surface area contributed by atoms with E-state index in [2.05, 4.69) is 0 Å². The van der Waals surface area contributed by atoms with E-state index < -0.39 is 0 Å². The largest absolute Gasteiger partial charge is 0.423 e. The lowest BCUT2D eigenvalue weighted by Crippen LogP contribution is -1.93. The van der Waals surface area contributed by atoms with Crippen molar-refractivity contribution in [3.8, 4) is 0 Å². The van der Waals surface area contributed by atoms with E-state index in [0.29, 0.717) is 5.58 Å². The van der Waals surface area contributed by atoms with Gasteiger partial charge in [0.05, 0.1) is 0 Å². The Morgan fingerprint density at radius 2 is 1.62 bits per heavy atom. The van der Waals surface area contributed by atoms with Crippen molar-refractivity contribution < 1.29 is 4.42 Å². The van der Waals surface area contributed by atoms with Crippen molar-refractivity contribution >= 4 is 11.0 Å². The van der Waals surface area contributed by atoms with Crippen molar-refractivity contribution in [2.24, 2.45) is 0 Å². The Bertz CT molecular complexity index is 437. The molecule has 70 valence electrons. The van der Waals surface area contributed by atoms with Gasteiger partial charge in [-0.25, -0.2) is 4.79 Å². The van der Waals surface area contributed by atoms with Gasteiger partial charge in [0.25, 0.3) is 0 Å². The molecule has 0 spiro atoms. The van der Waals surface area contributed by atoms with Gasteiger partial charge in [-0.05, 0) is 12.1 Å². The minimum Gasteiger partial charge on any atom is -0.423 e. The molecule has 1 aromatic carbocycles. The smallest absolute Gasteiger partial charge is 0.336 e. The van der Waals surface area contributed by atoms with Crippen LogP contribution in [0.1, 0.15) is 0 Å². The van der Waals surface area contributed by atoms with Gasteiger partial charge in [-0.1, -0.05) is 18.2 Å². The lowest BCUT2D eigenvalue weighted by Gasteiger charge is -1.91. The number of para-hydroxylation sites is 1. The van der Waals surface area contributed by atoms with Gasteiger partial charge in [0.15, 0.2) is 0 Å². The van der Waals surface area contributed by atoms with Crippen molar-refractivity contribution in [2.45, 2.75) is 0 Å². The average molecular weight is 180 g/mol. The highest BCUT2D eigenvalue weighted by Gasteiger charge is 1.92. The number of hydrogen-bond donors (Lipinski definition) is 2. The maximum absolute atomic E-state index is 10.7. The Labute approximate surface area is 75.4 Å². The molecule has 6 N–H and O–H groups in total. The van der Waals surface area contributed by atoms with Gasteiger partial charge in [-0.2, -0.15) is 0 Å². The number of rotatable bonds is 0. The summed E-state index contributed by atoms with van der Waals surface area (Å²) in [6.45, 7) is 0. The van der Waals surface area contributed by atoms with Crippen molar-refractivity contribution in [1.29, 1.82) is 0 Å². The Balaban J connectivity index is 0.000000720. The zero-order valence-electron chi connectivity index (χ0n) is 7.19. The molecule has 0 aliphatic heterocycles. The van der Waals surface area contributed by atoms with Gasteiger partial charge < -0.3 is 16.7 Å². The van der Waals surface area contributed by atoms with Crippen LogP contribution in [0, 0.1) is 0 Å². The molecule has 0 aliphatic rings. The normalized spacial score (nSPS) is 8.62. The molecular formula is C9H12N2O2. The van der Waals surface area contributed by atoms with Crippen LogP contribution in [0.4, 0.5) is 0 Å². The quantitative estimate of drug-likeness (QED) is 0.606. The molecule has 1 heterocycles. The van der Waals surface area contributed by atoms with Crippen LogP contribution in [0.15, 0.2) is 45.6 Å². The minimum absolute atomic E-state index is 0. The zero-order valence-corrected chi connectivity index (χ0v) is 7.19. The SMILES string of the molecule is N.N.O=c1ccc2ccccc2o1. The van der Waals surface area contributed by atoms with E-state index in [4.69, 9.17) is 4.42 Å². The summed E-state index contributed by atoms with van der Waals surface area (Å²) in [5.74, 6) is 0. The van der Waals surface area contributed by atoms with E-state index in [1.165, 1.54) is 6.07 Å². The lowest BCUT2D eigenvalue weighted by molar-refractivity contribution is 0.561. The van der Waals surface area contributed by atoms with Crippen molar-refractivity contribution in [2.75, 3.05) is 0 Å². The second-order valence-corrected chi connectivity index (χ2v) is 2.29. The fourth-order valence-corrected chi connectivity index (χ4v) is 1.01. The summed E-state index contributed by atoms with van der Waals surface area (Å²) < 4.78 is 4.91. The molecule has 0 aliphatic carbocycles. The van der Waals surface area contributed by atoms with Gasteiger partial charge in [0.2, 0.25) is 0 Å². The summed E-state index contributed by atoms with van der Waals surface area (Å²) in [6.07, 6.45) is 0. The van der Waals surface area contributed by atoms with E-state index in [1.54, 1.807) is 12.1 Å². The van der Waals surface area contributed by atoms with Crippen LogP contribution in [-0.2, 0) is 0 Å². The molecule has 0 saturated heterocycles. The van der Waals surface area contributed by atoms with Crippen LogP contribution in [0.3, 0.4) is 0 Å². The molecule has 13 heavy (non-hydrogen) atoms. The van der Waals surface area contributed by atoms with Gasteiger partial charge in [-0.15, -0.1) is 0 Å². The fourth-order valence-electron chi connectivity index (χ4n) is 1.01. The molecule has 0 atom stereocenters. The topological polar surface area (TPSA) is 100 Å². The number of benzene rings is 1. The van der Waals surface area contributed by atoms with Crippen LogP contribution in [0.2, 0.25) is 0 Å². The third-order valence-electron chi connectivity index (χ3n) is 1.53. The minimum atomic E-state index is -0.302. The highest BCUT2D eigenvalue weighted by Crippen LogP contribution is 2.08. The van der Waals surface area contributed by atoms with E-state index in [-0.39, 0.29) is 17.9 Å². The van der Waals surface area contributed by atoms with Crippen LogP contribution in [0.25, 0.3) is 11.0 Å². The molecule has 0 unspecified atom stereocenters. The van der Waals surface area contributed by atoms with Crippen LogP contribution >= 0.6 is 0 Å². The average Bonchev–Trinajstić information content (AvgIpc) is 2.04. The molecule has 0 amide bonds. The first kappa shape index (κ1) is 11.4. The number of hydrogen-bond acceptors (Lipinski definition) is 4. The Morgan fingerprint density at radius 1 is 0.923 bits per heavy atom. The first-order chi connectivity index (χ1) is 5.36. The molecule has 2 aromatic rings. The van der Waals surface area contributed by atoms with E-state index >= 15 is 0 Å². The standard InChI is InChI=1S/C9H6O2.2H3N/c10-9-6-5-7-3-1-2-4-8(7)11-9;;/h1-6H;2*1H3. The van der Waals surface area contributed by atoms with Gasteiger partial charge >= 0.3 is 5.63 Å². The maximum Gasteiger partial charge on any atom is 0.336 e. The Kier molecular flexibility index (Phi) is 3.84. The van der Waals surface area contributed by atoms with E-state index in [1.807, 2.05) is 18.2 Å². The summed E-state index contributed by atoms with van der Waals surface area (Å²) in [5, 5.41) is 0.951. The molecular weight excluding hydrogens is 168 g/mol. The molecule has 2 rings (SSSR count). The molecule has 0 saturated carbocycles. The first-order valence-corrected chi connectivity index (χ1v) is 3.35. The Hall–Kier alpha value is -1.65. The molecule has 0 fully saturated rings. The van der Waals surface area contributed by atoms with E-state index in [9.17, 15) is 4.79 Å². The summed E-state index contributed by atoms with van der Waals surface area (Å²) in [5.41, 5.74) is 0.337. The third kappa shape index (κ3) is 2.14. The predicted octanol–water partition coefficient (Wildman–Crippen LogP) is 2.12. The van der Waals surface area contributed by atoms with Crippen LogP contribution in [0.5, 0.6) is 0 Å². The molecule has 0 radical (unpaired) electrons. The molecule has 4 heteroatoms. The third-order valence-corrected chi connectivity index (χ3v) is 1.53. The second-order valence-electron chi connectivity index (χ2n) is 2.29. The molecule has 1 aromatic heterocycles. The van der Waals surface area contributed by atoms with Crippen LogP contribution < -0.4 is 17.9 Å². The van der Waals surface area contributed by atoms with Gasteiger partial charge in [0, 0.05) is 11.5 Å². The van der Waals surface area contributed by atoms with Gasteiger partial charge in [-0.3, -0.25) is 0 Å². The van der Waals surface area contributed by atoms with Crippen molar-refractivity contribution in [1.82, 2.24) is 12.3 Å². The van der Waals surface area contributed by atoms with Crippen LogP contribution in [-0.4, -0.2) is 0 Å². The predicted molar refractivity (Wildman–Crippen MR) is 52.5 cm³/mol. The molecule has 4 nitrogen and oxygen atoms in total. The summed E-state index contributed by atoms with van der Waals surface area (Å²) in [7, 11) is 0. The van der Waals surface area contributed by atoms with Crippen molar-refractivity contribution in [3.63, 3.8) is 0 Å². The zero-order chi connectivity index (χ0) is 7.68. The maximum atomic E-state index is 10.7. The number of fused-ring (bicyclic) bond motifs is 1. The fraction of sp³-hybridized carbons (Fsp3) is 0. The highest BCUT2D eigenvalue weighted by molar-refractivity contribution is 5.75. The van der Waals surface area contributed by atoms with Gasteiger partial charge in [0.1, 0.15) is 5.58 Å². The van der Waals surface area contributed by atoms with Crippen molar-refractivity contribution in [3.05, 3.63) is 46.8 Å². The second kappa shape index (κ2) is 4.39. The Morgan fingerprint density at radius 3 is 2.38 bits per heavy atom. The monoisotopic (exact) mass is 180 g/mol. The highest BCUT2D eigenvalue weighted by atomic mass is 16.4. The molecule has 0 bridgehead atoms. The summed E-state index contributed by atoms with van der Waals surface area (Å²) in [4.78, 5) is 10.7. The first-order valence-electron chi connectivity index (χ1n) is 3.35.